The predicted molar refractivity (Wildman–Crippen MR) is 93.1 cm³/mol. The number of unbranched alkanes of at least 4 members (excludes halogenated alkanes) is 13. The number of hydrogen-bond acceptors (Lipinski definition) is 4. The van der Waals surface area contributed by atoms with E-state index >= 15 is 0 Å². The van der Waals surface area contributed by atoms with Crippen LogP contribution >= 0.6 is 0 Å². The Balaban J connectivity index is -0.00000264. The Morgan fingerprint density at radius 2 is 1.00 bits per heavy atom. The molecule has 0 N–H and O–H groups in total. The molecule has 0 rings (SSSR count). The molecular formula is C20H36Na2O4. The van der Waals surface area contributed by atoms with E-state index in [0.717, 1.165) is 19.3 Å². The van der Waals surface area contributed by atoms with Gasteiger partial charge >= 0.3 is 59.1 Å². The summed E-state index contributed by atoms with van der Waals surface area (Å²) in [5, 5.41) is 21.3. The van der Waals surface area contributed by atoms with E-state index in [1.165, 1.54) is 70.6 Å². The van der Waals surface area contributed by atoms with Gasteiger partial charge in [-0.3, -0.25) is 0 Å². The Kier molecular flexibility index (Phi) is 29.2. The van der Waals surface area contributed by atoms with Gasteiger partial charge in [0.25, 0.3) is 0 Å². The molecule has 1 atom stereocenters. The Labute approximate surface area is 204 Å². The molecule has 1 unspecified atom stereocenters. The summed E-state index contributed by atoms with van der Waals surface area (Å²) in [4.78, 5) is 21.3. The number of rotatable bonds is 18. The van der Waals surface area contributed by atoms with Crippen molar-refractivity contribution in [2.75, 3.05) is 0 Å². The van der Waals surface area contributed by atoms with Crippen LogP contribution in [-0.4, -0.2) is 11.9 Å². The van der Waals surface area contributed by atoms with Crippen LogP contribution in [0.5, 0.6) is 0 Å². The summed E-state index contributed by atoms with van der Waals surface area (Å²) in [6.07, 6.45) is 17.4. The molecule has 0 spiro atoms. The zero-order valence-corrected chi connectivity index (χ0v) is 21.5. The van der Waals surface area contributed by atoms with Crippen molar-refractivity contribution in [1.82, 2.24) is 0 Å². The van der Waals surface area contributed by atoms with Crippen LogP contribution in [0.1, 0.15) is 110 Å². The molecule has 0 saturated carbocycles. The average Bonchev–Trinajstić information content (AvgIpc) is 2.53. The maximum atomic E-state index is 10.8. The van der Waals surface area contributed by atoms with E-state index in [9.17, 15) is 19.8 Å². The fraction of sp³-hybridized carbons (Fsp3) is 0.900. The van der Waals surface area contributed by atoms with Gasteiger partial charge in [0.05, 0.1) is 0 Å². The molecule has 0 aliphatic rings. The van der Waals surface area contributed by atoms with E-state index in [-0.39, 0.29) is 59.1 Å². The molecule has 0 aromatic heterocycles. The molecule has 142 valence electrons. The molecule has 0 amide bonds. The van der Waals surface area contributed by atoms with E-state index < -0.39 is 24.3 Å². The van der Waals surface area contributed by atoms with Crippen LogP contribution in [-0.2, 0) is 9.59 Å². The third kappa shape index (κ3) is 23.0. The van der Waals surface area contributed by atoms with Gasteiger partial charge in [0.1, 0.15) is 0 Å². The summed E-state index contributed by atoms with van der Waals surface area (Å²) in [5.41, 5.74) is 0. The van der Waals surface area contributed by atoms with Gasteiger partial charge in [-0.15, -0.1) is 0 Å². The average molecular weight is 386 g/mol. The van der Waals surface area contributed by atoms with E-state index in [2.05, 4.69) is 6.92 Å². The number of carbonyl (C=O) groups is 2. The van der Waals surface area contributed by atoms with Gasteiger partial charge in [-0.25, -0.2) is 0 Å². The van der Waals surface area contributed by atoms with Gasteiger partial charge in [0, 0.05) is 17.9 Å². The van der Waals surface area contributed by atoms with E-state index in [4.69, 9.17) is 0 Å². The summed E-state index contributed by atoms with van der Waals surface area (Å²) < 4.78 is 0. The second-order valence-electron chi connectivity index (χ2n) is 6.98. The van der Waals surface area contributed by atoms with Gasteiger partial charge < -0.3 is 19.8 Å². The molecule has 0 heterocycles. The standard InChI is InChI=1S/C20H38O4.2Na/c1-2-3-4-5-6-7-8-9-10-11-12-13-14-15-16-18(20(23)24)17-19(21)22;;/h18H,2-17H2,1H3,(H,21,22)(H,23,24);;/q;2*+1/p-2. The van der Waals surface area contributed by atoms with E-state index in [0.29, 0.717) is 6.42 Å². The Morgan fingerprint density at radius 3 is 1.31 bits per heavy atom. The minimum atomic E-state index is -1.31. The normalized spacial score (nSPS) is 11.3. The summed E-state index contributed by atoms with van der Waals surface area (Å²) in [5.74, 6) is -3.48. The Bertz CT molecular complexity index is 325. The smallest absolute Gasteiger partial charge is 0.550 e. The van der Waals surface area contributed by atoms with Gasteiger partial charge in [-0.2, -0.15) is 0 Å². The molecule has 0 radical (unpaired) electrons. The summed E-state index contributed by atoms with van der Waals surface area (Å²) >= 11 is 0. The molecule has 0 saturated heterocycles. The SMILES string of the molecule is CCCCCCCCCCCCCCCCC(CC(=O)[O-])C(=O)[O-].[Na+].[Na+]. The minimum Gasteiger partial charge on any atom is -0.550 e. The molecule has 4 nitrogen and oxygen atoms in total. The van der Waals surface area contributed by atoms with Crippen molar-refractivity contribution in [3.8, 4) is 0 Å². The van der Waals surface area contributed by atoms with Crippen LogP contribution in [0.4, 0.5) is 0 Å². The van der Waals surface area contributed by atoms with Gasteiger partial charge in [0.2, 0.25) is 0 Å². The van der Waals surface area contributed by atoms with Crippen LogP contribution in [0.25, 0.3) is 0 Å². The van der Waals surface area contributed by atoms with E-state index in [1.807, 2.05) is 0 Å². The largest absolute Gasteiger partial charge is 1.00 e. The van der Waals surface area contributed by atoms with Crippen molar-refractivity contribution in [2.24, 2.45) is 5.92 Å². The Hall–Kier alpha value is 0.940. The quantitative estimate of drug-likeness (QED) is 0.191. The van der Waals surface area contributed by atoms with Crippen molar-refractivity contribution in [3.05, 3.63) is 0 Å². The Morgan fingerprint density at radius 1 is 0.654 bits per heavy atom. The first-order chi connectivity index (χ1) is 11.6. The van der Waals surface area contributed by atoms with Crippen LogP contribution in [0.15, 0.2) is 0 Å². The number of aliphatic carboxylic acids is 2. The fourth-order valence-electron chi connectivity index (χ4n) is 3.09. The second-order valence-corrected chi connectivity index (χ2v) is 6.98. The molecule has 6 heteroatoms. The molecule has 0 aliphatic carbocycles. The van der Waals surface area contributed by atoms with Crippen LogP contribution in [0.2, 0.25) is 0 Å². The van der Waals surface area contributed by atoms with Crippen LogP contribution in [0.3, 0.4) is 0 Å². The third-order valence-corrected chi connectivity index (χ3v) is 4.65. The zero-order chi connectivity index (χ0) is 18.0. The first-order valence-corrected chi connectivity index (χ1v) is 9.98. The van der Waals surface area contributed by atoms with Crippen molar-refractivity contribution in [1.29, 1.82) is 0 Å². The zero-order valence-electron chi connectivity index (χ0n) is 17.5. The second kappa shape index (κ2) is 24.0. The van der Waals surface area contributed by atoms with Crippen molar-refractivity contribution < 1.29 is 78.9 Å². The predicted octanol–water partition coefficient (Wildman–Crippen LogP) is -2.63. The monoisotopic (exact) mass is 386 g/mol. The van der Waals surface area contributed by atoms with Crippen molar-refractivity contribution in [2.45, 2.75) is 110 Å². The number of carboxylic acid groups (broad SMARTS) is 2. The molecule has 0 aromatic rings. The van der Waals surface area contributed by atoms with Crippen molar-refractivity contribution >= 4 is 11.9 Å². The van der Waals surface area contributed by atoms with Gasteiger partial charge in [-0.05, 0) is 12.8 Å². The van der Waals surface area contributed by atoms with Crippen molar-refractivity contribution in [3.63, 3.8) is 0 Å². The first-order valence-electron chi connectivity index (χ1n) is 9.98. The van der Waals surface area contributed by atoms with E-state index in [1.54, 1.807) is 0 Å². The number of carboxylic acids is 2. The molecule has 0 aromatic carbocycles. The fourth-order valence-corrected chi connectivity index (χ4v) is 3.09. The third-order valence-electron chi connectivity index (χ3n) is 4.65. The number of hydrogen-bond donors (Lipinski definition) is 0. The summed E-state index contributed by atoms with van der Waals surface area (Å²) in [7, 11) is 0. The summed E-state index contributed by atoms with van der Waals surface area (Å²) in [6.45, 7) is 2.25. The molecule has 0 aliphatic heterocycles. The number of carbonyl (C=O) groups excluding carboxylic acids is 2. The molecular weight excluding hydrogens is 350 g/mol. The topological polar surface area (TPSA) is 80.3 Å². The molecule has 26 heavy (non-hydrogen) atoms. The molecule has 0 fully saturated rings. The van der Waals surface area contributed by atoms with Crippen LogP contribution in [0, 0.1) is 5.92 Å². The molecule has 0 bridgehead atoms. The maximum Gasteiger partial charge on any atom is 1.00 e. The maximum absolute atomic E-state index is 10.8. The van der Waals surface area contributed by atoms with Gasteiger partial charge in [-0.1, -0.05) is 96.8 Å². The summed E-state index contributed by atoms with van der Waals surface area (Å²) in [6, 6.07) is 0. The minimum absolute atomic E-state index is 0. The van der Waals surface area contributed by atoms with Crippen LogP contribution < -0.4 is 69.3 Å². The first kappa shape index (κ1) is 31.6. The van der Waals surface area contributed by atoms with Gasteiger partial charge in [0.15, 0.2) is 0 Å².